The summed E-state index contributed by atoms with van der Waals surface area (Å²) in [5, 5.41) is 7.55. The topological polar surface area (TPSA) is 104 Å². The number of hydrogen-bond donors (Lipinski definition) is 1. The van der Waals surface area contributed by atoms with E-state index in [2.05, 4.69) is 15.4 Å². The van der Waals surface area contributed by atoms with Crippen molar-refractivity contribution in [1.82, 2.24) is 33.7 Å². The van der Waals surface area contributed by atoms with Gasteiger partial charge in [0.25, 0.3) is 0 Å². The van der Waals surface area contributed by atoms with Crippen LogP contribution in [0.4, 0.5) is 11.6 Å². The van der Waals surface area contributed by atoms with Crippen molar-refractivity contribution in [2.45, 2.75) is 45.2 Å². The van der Waals surface area contributed by atoms with Gasteiger partial charge >= 0.3 is 5.69 Å². The third kappa shape index (κ3) is 2.63. The summed E-state index contributed by atoms with van der Waals surface area (Å²) >= 11 is 0. The SMILES string of the molecule is Cc1cc2ncnn2cc1Nc1nc2c3c(n1)n(C1CCOCC1)c(=O)n3CCC2. The molecule has 0 unspecified atom stereocenters. The van der Waals surface area contributed by atoms with E-state index < -0.39 is 0 Å². The highest BCUT2D eigenvalue weighted by molar-refractivity contribution is 5.77. The van der Waals surface area contributed by atoms with Crippen molar-refractivity contribution in [1.29, 1.82) is 0 Å². The van der Waals surface area contributed by atoms with E-state index in [1.165, 1.54) is 6.33 Å². The molecule has 154 valence electrons. The van der Waals surface area contributed by atoms with Crippen molar-refractivity contribution >= 4 is 28.4 Å². The van der Waals surface area contributed by atoms with Crippen LogP contribution in [0.1, 0.15) is 36.6 Å². The highest BCUT2D eigenvalue weighted by atomic mass is 16.5. The van der Waals surface area contributed by atoms with Crippen LogP contribution in [0.5, 0.6) is 0 Å². The van der Waals surface area contributed by atoms with Crippen molar-refractivity contribution in [2.24, 2.45) is 0 Å². The van der Waals surface area contributed by atoms with Crippen LogP contribution in [0.15, 0.2) is 23.4 Å². The molecule has 10 nitrogen and oxygen atoms in total. The molecule has 10 heteroatoms. The summed E-state index contributed by atoms with van der Waals surface area (Å²) < 4.78 is 10.9. The lowest BCUT2D eigenvalue weighted by Gasteiger charge is -2.23. The smallest absolute Gasteiger partial charge is 0.330 e. The van der Waals surface area contributed by atoms with Gasteiger partial charge in [0.2, 0.25) is 5.95 Å². The Labute approximate surface area is 171 Å². The number of fused-ring (bicyclic) bond motifs is 1. The molecule has 30 heavy (non-hydrogen) atoms. The monoisotopic (exact) mass is 406 g/mol. The average molecular weight is 406 g/mol. The highest BCUT2D eigenvalue weighted by Crippen LogP contribution is 2.29. The van der Waals surface area contributed by atoms with Crippen LogP contribution in [0.3, 0.4) is 0 Å². The Morgan fingerprint density at radius 1 is 1.23 bits per heavy atom. The number of ether oxygens (including phenoxy) is 1. The first-order valence-electron chi connectivity index (χ1n) is 10.4. The fraction of sp³-hybridized carbons (Fsp3) is 0.450. The Bertz CT molecular complexity index is 1330. The lowest BCUT2D eigenvalue weighted by atomic mass is 10.1. The molecular weight excluding hydrogens is 384 g/mol. The average Bonchev–Trinajstić information content (AvgIpc) is 3.32. The molecule has 0 aromatic carbocycles. The van der Waals surface area contributed by atoms with Gasteiger partial charge in [-0.2, -0.15) is 10.1 Å². The summed E-state index contributed by atoms with van der Waals surface area (Å²) in [5.74, 6) is 0.500. The maximum absolute atomic E-state index is 13.2. The van der Waals surface area contributed by atoms with E-state index in [0.717, 1.165) is 66.0 Å². The van der Waals surface area contributed by atoms with Gasteiger partial charge in [-0.1, -0.05) is 0 Å². The summed E-state index contributed by atoms with van der Waals surface area (Å²) in [7, 11) is 0. The molecule has 1 fully saturated rings. The van der Waals surface area contributed by atoms with Gasteiger partial charge in [-0.15, -0.1) is 0 Å². The van der Waals surface area contributed by atoms with E-state index >= 15 is 0 Å². The van der Waals surface area contributed by atoms with Crippen molar-refractivity contribution in [3.63, 3.8) is 0 Å². The van der Waals surface area contributed by atoms with E-state index in [-0.39, 0.29) is 11.7 Å². The molecule has 0 saturated carbocycles. The molecule has 0 radical (unpaired) electrons. The van der Waals surface area contributed by atoms with Crippen LogP contribution in [-0.2, 0) is 17.7 Å². The minimum Gasteiger partial charge on any atom is -0.381 e. The van der Waals surface area contributed by atoms with Crippen molar-refractivity contribution in [3.8, 4) is 0 Å². The quantitative estimate of drug-likeness (QED) is 0.555. The van der Waals surface area contributed by atoms with Crippen LogP contribution < -0.4 is 11.0 Å². The predicted octanol–water partition coefficient (Wildman–Crippen LogP) is 1.99. The molecule has 6 rings (SSSR count). The molecule has 2 aliphatic rings. The van der Waals surface area contributed by atoms with Gasteiger partial charge in [0.1, 0.15) is 11.8 Å². The lowest BCUT2D eigenvalue weighted by Crippen LogP contribution is -2.31. The minimum atomic E-state index is 0.0181. The van der Waals surface area contributed by atoms with Crippen LogP contribution >= 0.6 is 0 Å². The molecule has 2 aliphatic heterocycles. The molecule has 0 spiro atoms. The number of nitrogens with zero attached hydrogens (tertiary/aromatic N) is 7. The van der Waals surface area contributed by atoms with E-state index in [4.69, 9.17) is 14.7 Å². The third-order valence-corrected chi connectivity index (χ3v) is 6.09. The molecule has 4 aromatic rings. The van der Waals surface area contributed by atoms with Gasteiger partial charge in [-0.25, -0.2) is 19.3 Å². The molecule has 4 aromatic heterocycles. The van der Waals surface area contributed by atoms with Crippen molar-refractivity contribution in [2.75, 3.05) is 18.5 Å². The molecule has 0 bridgehead atoms. The number of rotatable bonds is 3. The number of hydrogen-bond acceptors (Lipinski definition) is 7. The third-order valence-electron chi connectivity index (χ3n) is 6.09. The number of aryl methyl sites for hydroxylation is 3. The zero-order valence-electron chi connectivity index (χ0n) is 16.7. The summed E-state index contributed by atoms with van der Waals surface area (Å²) in [6.07, 6.45) is 6.80. The van der Waals surface area contributed by atoms with Crippen LogP contribution in [0.2, 0.25) is 0 Å². The summed E-state index contributed by atoms with van der Waals surface area (Å²) in [6, 6.07) is 2.07. The first-order chi connectivity index (χ1) is 14.7. The van der Waals surface area contributed by atoms with E-state index in [0.29, 0.717) is 19.2 Å². The molecule has 0 atom stereocenters. The number of nitrogens with one attached hydrogen (secondary N) is 1. The number of anilines is 2. The zero-order chi connectivity index (χ0) is 20.2. The second-order valence-electron chi connectivity index (χ2n) is 7.98. The largest absolute Gasteiger partial charge is 0.381 e. The van der Waals surface area contributed by atoms with Crippen molar-refractivity contribution < 1.29 is 4.74 Å². The first-order valence-corrected chi connectivity index (χ1v) is 10.4. The first kappa shape index (κ1) is 17.6. The van der Waals surface area contributed by atoms with Crippen LogP contribution in [0.25, 0.3) is 16.8 Å². The predicted molar refractivity (Wildman–Crippen MR) is 110 cm³/mol. The van der Waals surface area contributed by atoms with Gasteiger partial charge in [0.05, 0.1) is 17.6 Å². The van der Waals surface area contributed by atoms with E-state index in [9.17, 15) is 4.79 Å². The Hall–Kier alpha value is -3.27. The Kier molecular flexibility index (Phi) is 3.88. The number of aromatic nitrogens is 7. The van der Waals surface area contributed by atoms with E-state index in [1.807, 2.05) is 28.3 Å². The summed E-state index contributed by atoms with van der Waals surface area (Å²) in [5.41, 5.74) is 5.21. The molecule has 6 heterocycles. The van der Waals surface area contributed by atoms with Gasteiger partial charge < -0.3 is 10.1 Å². The lowest BCUT2D eigenvalue weighted by molar-refractivity contribution is 0.0694. The molecular formula is C20H22N8O2. The molecule has 1 N–H and O–H groups in total. The normalized spacial score (nSPS) is 17.1. The summed E-state index contributed by atoms with van der Waals surface area (Å²) in [4.78, 5) is 27.0. The fourth-order valence-electron chi connectivity index (χ4n) is 4.57. The van der Waals surface area contributed by atoms with Gasteiger partial charge in [-0.05, 0) is 44.2 Å². The number of imidazole rings is 1. The van der Waals surface area contributed by atoms with Gasteiger partial charge in [0.15, 0.2) is 11.3 Å². The molecule has 0 aliphatic carbocycles. The second-order valence-corrected chi connectivity index (χ2v) is 7.98. The Morgan fingerprint density at radius 2 is 2.10 bits per heavy atom. The molecule has 0 amide bonds. The van der Waals surface area contributed by atoms with Gasteiger partial charge in [-0.3, -0.25) is 9.13 Å². The molecule has 1 saturated heterocycles. The van der Waals surface area contributed by atoms with Crippen LogP contribution in [-0.4, -0.2) is 46.9 Å². The maximum atomic E-state index is 13.2. The second kappa shape index (κ2) is 6.63. The van der Waals surface area contributed by atoms with Crippen LogP contribution in [0, 0.1) is 6.92 Å². The van der Waals surface area contributed by atoms with Gasteiger partial charge in [0, 0.05) is 25.8 Å². The van der Waals surface area contributed by atoms with Crippen molar-refractivity contribution in [3.05, 3.63) is 40.3 Å². The Morgan fingerprint density at radius 3 is 2.97 bits per heavy atom. The maximum Gasteiger partial charge on any atom is 0.330 e. The number of pyridine rings is 1. The Balaban J connectivity index is 1.50. The highest BCUT2D eigenvalue weighted by Gasteiger charge is 2.28. The van der Waals surface area contributed by atoms with E-state index in [1.54, 1.807) is 4.52 Å². The summed E-state index contributed by atoms with van der Waals surface area (Å²) in [6.45, 7) is 4.07. The minimum absolute atomic E-state index is 0.0181. The fourth-order valence-corrected chi connectivity index (χ4v) is 4.57. The standard InChI is InChI=1S/C20H22N8O2/c1-12-9-16-21-11-22-27(16)10-15(12)24-19-23-14-3-2-6-26-17(14)18(25-19)28(20(26)29)13-4-7-30-8-5-13/h9-11,13H,2-8H2,1H3,(H,23,24,25). The zero-order valence-corrected chi connectivity index (χ0v) is 16.7.